The first-order valence-corrected chi connectivity index (χ1v) is 7.36. The molecule has 0 spiro atoms. The molecule has 2 aliphatic heterocycles. The Morgan fingerprint density at radius 3 is 3.07 bits per heavy atom. The van der Waals surface area contributed by atoms with Gasteiger partial charge >= 0.3 is 0 Å². The van der Waals surface area contributed by atoms with Gasteiger partial charge in [-0.05, 0) is 32.7 Å². The molecule has 3 heteroatoms. The maximum atomic E-state index is 3.66. The van der Waals surface area contributed by atoms with E-state index < -0.39 is 0 Å². The second-order valence-corrected chi connectivity index (χ2v) is 6.64. The van der Waals surface area contributed by atoms with E-state index in [1.165, 1.54) is 51.2 Å². The first-order valence-electron chi connectivity index (χ1n) is 6.31. The van der Waals surface area contributed by atoms with Gasteiger partial charge < -0.3 is 5.32 Å². The van der Waals surface area contributed by atoms with E-state index in [0.29, 0.717) is 5.54 Å². The van der Waals surface area contributed by atoms with Crippen LogP contribution < -0.4 is 5.32 Å². The van der Waals surface area contributed by atoms with E-state index in [2.05, 4.69) is 35.8 Å². The predicted molar refractivity (Wildman–Crippen MR) is 68.6 cm³/mol. The highest BCUT2D eigenvalue weighted by Gasteiger charge is 2.31. The molecule has 0 aromatic heterocycles. The first-order chi connectivity index (χ1) is 7.22. The molecule has 2 fully saturated rings. The zero-order chi connectivity index (χ0) is 10.7. The molecule has 0 aromatic rings. The number of thioether (sulfide) groups is 1. The van der Waals surface area contributed by atoms with E-state index in [9.17, 15) is 0 Å². The van der Waals surface area contributed by atoms with Gasteiger partial charge in [0, 0.05) is 36.2 Å². The number of nitrogens with zero attached hydrogens (tertiary/aromatic N) is 1. The lowest BCUT2D eigenvalue weighted by atomic mass is 9.99. The third kappa shape index (κ3) is 3.11. The smallest absolute Gasteiger partial charge is 0.0280 e. The lowest BCUT2D eigenvalue weighted by Crippen LogP contribution is -2.50. The third-order valence-corrected chi connectivity index (χ3v) is 5.08. The van der Waals surface area contributed by atoms with E-state index in [4.69, 9.17) is 0 Å². The molecule has 0 radical (unpaired) electrons. The van der Waals surface area contributed by atoms with E-state index in [1.807, 2.05) is 0 Å². The van der Waals surface area contributed by atoms with Crippen LogP contribution in [-0.4, -0.2) is 47.6 Å². The normalized spacial score (nSPS) is 38.4. The molecule has 0 aromatic carbocycles. The lowest BCUT2D eigenvalue weighted by Gasteiger charge is -2.37. The molecule has 2 heterocycles. The Kier molecular flexibility index (Phi) is 3.97. The SMILES string of the molecule is CCC1CN(CC2(C)CCCN2)CCS1. The number of hydrogen-bond donors (Lipinski definition) is 1. The van der Waals surface area contributed by atoms with Crippen LogP contribution in [0.15, 0.2) is 0 Å². The van der Waals surface area contributed by atoms with Crippen molar-refractivity contribution in [2.45, 2.75) is 43.9 Å². The molecular formula is C12H24N2S. The monoisotopic (exact) mass is 228 g/mol. The summed E-state index contributed by atoms with van der Waals surface area (Å²) in [6, 6.07) is 0. The third-order valence-electron chi connectivity index (χ3n) is 3.71. The highest BCUT2D eigenvalue weighted by atomic mass is 32.2. The van der Waals surface area contributed by atoms with Gasteiger partial charge in [0.25, 0.3) is 0 Å². The second-order valence-electron chi connectivity index (χ2n) is 5.23. The first kappa shape index (κ1) is 11.7. The van der Waals surface area contributed by atoms with Crippen molar-refractivity contribution in [3.05, 3.63) is 0 Å². The van der Waals surface area contributed by atoms with E-state index in [0.717, 1.165) is 5.25 Å². The van der Waals surface area contributed by atoms with Crippen LogP contribution in [-0.2, 0) is 0 Å². The largest absolute Gasteiger partial charge is 0.310 e. The van der Waals surface area contributed by atoms with Gasteiger partial charge in [-0.1, -0.05) is 6.92 Å². The molecule has 0 saturated carbocycles. The zero-order valence-corrected chi connectivity index (χ0v) is 10.9. The molecule has 2 rings (SSSR count). The van der Waals surface area contributed by atoms with Crippen molar-refractivity contribution in [2.75, 3.05) is 31.9 Å². The van der Waals surface area contributed by atoms with E-state index >= 15 is 0 Å². The molecule has 2 saturated heterocycles. The molecule has 15 heavy (non-hydrogen) atoms. The molecule has 2 unspecified atom stereocenters. The van der Waals surface area contributed by atoms with Gasteiger partial charge in [-0.2, -0.15) is 11.8 Å². The Bertz CT molecular complexity index is 202. The lowest BCUT2D eigenvalue weighted by molar-refractivity contribution is 0.208. The van der Waals surface area contributed by atoms with Gasteiger partial charge in [-0.15, -0.1) is 0 Å². The van der Waals surface area contributed by atoms with Crippen molar-refractivity contribution in [3.8, 4) is 0 Å². The van der Waals surface area contributed by atoms with Crippen LogP contribution in [0.1, 0.15) is 33.1 Å². The van der Waals surface area contributed by atoms with Crippen molar-refractivity contribution in [1.29, 1.82) is 0 Å². The summed E-state index contributed by atoms with van der Waals surface area (Å²) >= 11 is 2.16. The zero-order valence-electron chi connectivity index (χ0n) is 10.1. The molecule has 2 nitrogen and oxygen atoms in total. The molecule has 0 bridgehead atoms. The predicted octanol–water partition coefficient (Wildman–Crippen LogP) is 1.96. The van der Waals surface area contributed by atoms with Crippen LogP contribution in [0, 0.1) is 0 Å². The summed E-state index contributed by atoms with van der Waals surface area (Å²) in [7, 11) is 0. The topological polar surface area (TPSA) is 15.3 Å². The summed E-state index contributed by atoms with van der Waals surface area (Å²) in [5.74, 6) is 1.33. The van der Waals surface area contributed by atoms with Gasteiger partial charge in [-0.25, -0.2) is 0 Å². The number of nitrogens with one attached hydrogen (secondary N) is 1. The fourth-order valence-corrected chi connectivity index (χ4v) is 4.01. The van der Waals surface area contributed by atoms with Crippen LogP contribution in [0.2, 0.25) is 0 Å². The Morgan fingerprint density at radius 2 is 2.40 bits per heavy atom. The highest BCUT2D eigenvalue weighted by Crippen LogP contribution is 2.25. The summed E-state index contributed by atoms with van der Waals surface area (Å²) < 4.78 is 0. The minimum Gasteiger partial charge on any atom is -0.310 e. The van der Waals surface area contributed by atoms with Crippen molar-refractivity contribution in [3.63, 3.8) is 0 Å². The van der Waals surface area contributed by atoms with Gasteiger partial charge in [0.2, 0.25) is 0 Å². The Balaban J connectivity index is 1.83. The highest BCUT2D eigenvalue weighted by molar-refractivity contribution is 8.00. The van der Waals surface area contributed by atoms with E-state index in [-0.39, 0.29) is 0 Å². The average Bonchev–Trinajstić information content (AvgIpc) is 2.65. The summed E-state index contributed by atoms with van der Waals surface area (Å²) in [5.41, 5.74) is 0.403. The standard InChI is InChI=1S/C12H24N2S/c1-3-11-9-14(7-8-15-11)10-12(2)5-4-6-13-12/h11,13H,3-10H2,1-2H3. The quantitative estimate of drug-likeness (QED) is 0.795. The summed E-state index contributed by atoms with van der Waals surface area (Å²) in [6.45, 7) is 9.77. The molecule has 1 N–H and O–H groups in total. The minimum absolute atomic E-state index is 0.403. The van der Waals surface area contributed by atoms with E-state index in [1.54, 1.807) is 0 Å². The second kappa shape index (κ2) is 5.07. The van der Waals surface area contributed by atoms with Crippen LogP contribution in [0.4, 0.5) is 0 Å². The summed E-state index contributed by atoms with van der Waals surface area (Å²) in [6.07, 6.45) is 4.04. The average molecular weight is 228 g/mol. The maximum absolute atomic E-state index is 3.66. The fraction of sp³-hybridized carbons (Fsp3) is 1.00. The van der Waals surface area contributed by atoms with Gasteiger partial charge in [0.1, 0.15) is 0 Å². The van der Waals surface area contributed by atoms with Gasteiger partial charge in [0.05, 0.1) is 0 Å². The molecule has 88 valence electrons. The Hall–Kier alpha value is 0.270. The van der Waals surface area contributed by atoms with Crippen molar-refractivity contribution >= 4 is 11.8 Å². The van der Waals surface area contributed by atoms with Crippen LogP contribution in [0.3, 0.4) is 0 Å². The van der Waals surface area contributed by atoms with Crippen LogP contribution >= 0.6 is 11.8 Å². The van der Waals surface area contributed by atoms with Crippen LogP contribution in [0.25, 0.3) is 0 Å². The fourth-order valence-electron chi connectivity index (χ4n) is 2.76. The van der Waals surface area contributed by atoms with Crippen molar-refractivity contribution in [1.82, 2.24) is 10.2 Å². The van der Waals surface area contributed by atoms with Gasteiger partial charge in [-0.3, -0.25) is 4.90 Å². The van der Waals surface area contributed by atoms with Crippen molar-refractivity contribution < 1.29 is 0 Å². The Morgan fingerprint density at radius 1 is 1.53 bits per heavy atom. The number of hydrogen-bond acceptors (Lipinski definition) is 3. The molecular weight excluding hydrogens is 204 g/mol. The molecule has 0 amide bonds. The molecule has 0 aliphatic carbocycles. The molecule has 2 aliphatic rings. The molecule has 2 atom stereocenters. The summed E-state index contributed by atoms with van der Waals surface area (Å²) in [5, 5.41) is 4.54. The van der Waals surface area contributed by atoms with Crippen molar-refractivity contribution in [2.24, 2.45) is 0 Å². The number of rotatable bonds is 3. The van der Waals surface area contributed by atoms with Crippen LogP contribution in [0.5, 0.6) is 0 Å². The Labute approximate surface area is 98.2 Å². The maximum Gasteiger partial charge on any atom is 0.0280 e. The minimum atomic E-state index is 0.403. The van der Waals surface area contributed by atoms with Gasteiger partial charge in [0.15, 0.2) is 0 Å². The summed E-state index contributed by atoms with van der Waals surface area (Å²) in [4.78, 5) is 2.67.